The minimum atomic E-state index is -0.845. The minimum absolute atomic E-state index is 0.375. The fraction of sp³-hybridized carbons (Fsp3) is 0.188. The van der Waals surface area contributed by atoms with Crippen molar-refractivity contribution >= 4 is 11.9 Å². The molecule has 1 amide bonds. The zero-order valence-electron chi connectivity index (χ0n) is 11.9. The Hall–Kier alpha value is -2.69. The van der Waals surface area contributed by atoms with Gasteiger partial charge in [-0.15, -0.1) is 0 Å². The van der Waals surface area contributed by atoms with Gasteiger partial charge in [0.1, 0.15) is 0 Å². The molecule has 0 aliphatic heterocycles. The Morgan fingerprint density at radius 2 is 2.05 bits per heavy atom. The van der Waals surface area contributed by atoms with Crippen molar-refractivity contribution in [1.82, 2.24) is 10.3 Å². The summed E-state index contributed by atoms with van der Waals surface area (Å²) >= 11 is 0. The number of carbonyl (C=O) groups excluding carboxylic acids is 2. The van der Waals surface area contributed by atoms with Gasteiger partial charge in [-0.2, -0.15) is 0 Å². The van der Waals surface area contributed by atoms with Crippen LogP contribution in [-0.2, 0) is 9.53 Å². The van der Waals surface area contributed by atoms with Crippen LogP contribution in [0.15, 0.2) is 48.8 Å². The molecule has 5 nitrogen and oxygen atoms in total. The van der Waals surface area contributed by atoms with E-state index in [9.17, 15) is 9.59 Å². The van der Waals surface area contributed by atoms with E-state index in [4.69, 9.17) is 4.74 Å². The van der Waals surface area contributed by atoms with Crippen molar-refractivity contribution in [3.05, 3.63) is 65.5 Å². The average molecular weight is 284 g/mol. The van der Waals surface area contributed by atoms with Crippen molar-refractivity contribution in [2.75, 3.05) is 7.11 Å². The molecule has 1 heterocycles. The van der Waals surface area contributed by atoms with Crippen LogP contribution in [0.1, 0.15) is 27.5 Å². The van der Waals surface area contributed by atoms with Gasteiger partial charge >= 0.3 is 5.97 Å². The van der Waals surface area contributed by atoms with Crippen molar-refractivity contribution in [2.45, 2.75) is 13.0 Å². The molecule has 21 heavy (non-hydrogen) atoms. The highest BCUT2D eigenvalue weighted by Crippen LogP contribution is 2.16. The lowest BCUT2D eigenvalue weighted by Gasteiger charge is -2.17. The monoisotopic (exact) mass is 284 g/mol. The molecule has 0 saturated heterocycles. The van der Waals surface area contributed by atoms with E-state index in [1.807, 2.05) is 25.1 Å². The first-order chi connectivity index (χ1) is 10.1. The lowest BCUT2D eigenvalue weighted by atomic mass is 10.0. The molecule has 1 unspecified atom stereocenters. The Morgan fingerprint density at radius 3 is 2.67 bits per heavy atom. The Labute approximate surface area is 123 Å². The molecule has 0 aliphatic carbocycles. The van der Waals surface area contributed by atoms with Gasteiger partial charge in [-0.05, 0) is 24.6 Å². The van der Waals surface area contributed by atoms with Gasteiger partial charge in [-0.25, -0.2) is 4.79 Å². The second-order valence-electron chi connectivity index (χ2n) is 4.59. The van der Waals surface area contributed by atoms with Crippen LogP contribution in [-0.4, -0.2) is 24.0 Å². The lowest BCUT2D eigenvalue weighted by molar-refractivity contribution is -0.143. The third-order valence-electron chi connectivity index (χ3n) is 3.01. The van der Waals surface area contributed by atoms with Crippen LogP contribution in [0.2, 0.25) is 0 Å². The molecule has 1 aromatic heterocycles. The number of rotatable bonds is 4. The van der Waals surface area contributed by atoms with Crippen molar-refractivity contribution in [2.24, 2.45) is 0 Å². The quantitative estimate of drug-likeness (QED) is 0.872. The van der Waals surface area contributed by atoms with Crippen molar-refractivity contribution in [3.8, 4) is 0 Å². The molecule has 0 saturated carbocycles. The number of methoxy groups -OCH3 is 1. The van der Waals surface area contributed by atoms with Crippen LogP contribution in [0.25, 0.3) is 0 Å². The average Bonchev–Trinajstić information content (AvgIpc) is 2.52. The number of nitrogens with one attached hydrogen (secondary N) is 1. The van der Waals surface area contributed by atoms with Crippen LogP contribution in [0.4, 0.5) is 0 Å². The number of ether oxygens (including phenoxy) is 1. The number of aromatic nitrogens is 1. The predicted octanol–water partition coefficient (Wildman–Crippen LogP) is 2.03. The first-order valence-corrected chi connectivity index (χ1v) is 6.47. The first-order valence-electron chi connectivity index (χ1n) is 6.47. The third-order valence-corrected chi connectivity index (χ3v) is 3.01. The molecule has 0 radical (unpaired) electrons. The number of hydrogen-bond donors (Lipinski definition) is 1. The molecule has 1 aromatic carbocycles. The summed E-state index contributed by atoms with van der Waals surface area (Å²) < 4.78 is 4.77. The number of hydrogen-bond acceptors (Lipinski definition) is 4. The van der Waals surface area contributed by atoms with Gasteiger partial charge in [0.2, 0.25) is 0 Å². The predicted molar refractivity (Wildman–Crippen MR) is 77.6 cm³/mol. The van der Waals surface area contributed by atoms with Crippen LogP contribution < -0.4 is 5.32 Å². The highest BCUT2D eigenvalue weighted by atomic mass is 16.5. The molecule has 0 aliphatic rings. The third kappa shape index (κ3) is 3.66. The van der Waals surface area contributed by atoms with E-state index >= 15 is 0 Å². The zero-order chi connectivity index (χ0) is 15.2. The maximum atomic E-state index is 12.2. The van der Waals surface area contributed by atoms with Gasteiger partial charge < -0.3 is 10.1 Å². The number of pyridine rings is 1. The summed E-state index contributed by atoms with van der Waals surface area (Å²) in [6.45, 7) is 1.92. The van der Waals surface area contributed by atoms with Crippen molar-refractivity contribution < 1.29 is 14.3 Å². The number of esters is 1. The highest BCUT2D eigenvalue weighted by Gasteiger charge is 2.24. The van der Waals surface area contributed by atoms with Gasteiger partial charge in [0.25, 0.3) is 5.91 Å². The van der Waals surface area contributed by atoms with Gasteiger partial charge in [0.05, 0.1) is 12.7 Å². The van der Waals surface area contributed by atoms with Crippen LogP contribution in [0, 0.1) is 6.92 Å². The SMILES string of the molecule is COC(=O)C(NC(=O)c1cccnc1)c1cccc(C)c1. The van der Waals surface area contributed by atoms with E-state index in [1.54, 1.807) is 24.4 Å². The first kappa shape index (κ1) is 14.7. The van der Waals surface area contributed by atoms with E-state index in [-0.39, 0.29) is 5.91 Å². The Kier molecular flexibility index (Phi) is 4.66. The molecule has 5 heteroatoms. The van der Waals surface area contributed by atoms with Crippen LogP contribution >= 0.6 is 0 Å². The summed E-state index contributed by atoms with van der Waals surface area (Å²) in [5.41, 5.74) is 2.06. The van der Waals surface area contributed by atoms with Crippen molar-refractivity contribution in [3.63, 3.8) is 0 Å². The molecule has 108 valence electrons. The van der Waals surface area contributed by atoms with Crippen LogP contribution in [0.3, 0.4) is 0 Å². The summed E-state index contributed by atoms with van der Waals surface area (Å²) in [4.78, 5) is 28.0. The Morgan fingerprint density at radius 1 is 1.24 bits per heavy atom. The van der Waals surface area contributed by atoms with E-state index in [1.165, 1.54) is 13.3 Å². The van der Waals surface area contributed by atoms with Crippen LogP contribution in [0.5, 0.6) is 0 Å². The highest BCUT2D eigenvalue weighted by molar-refractivity contribution is 5.96. The number of carbonyl (C=O) groups is 2. The number of aryl methyl sites for hydroxylation is 1. The molecule has 0 spiro atoms. The minimum Gasteiger partial charge on any atom is -0.467 e. The van der Waals surface area contributed by atoms with E-state index in [2.05, 4.69) is 10.3 Å². The smallest absolute Gasteiger partial charge is 0.333 e. The molecule has 1 atom stereocenters. The van der Waals surface area contributed by atoms with E-state index in [0.29, 0.717) is 11.1 Å². The maximum absolute atomic E-state index is 12.2. The number of benzene rings is 1. The Bertz CT molecular complexity index is 641. The lowest BCUT2D eigenvalue weighted by Crippen LogP contribution is -2.34. The fourth-order valence-corrected chi connectivity index (χ4v) is 1.96. The molecular weight excluding hydrogens is 268 g/mol. The molecule has 1 N–H and O–H groups in total. The summed E-state index contributed by atoms with van der Waals surface area (Å²) in [5, 5.41) is 2.67. The topological polar surface area (TPSA) is 68.3 Å². The standard InChI is InChI=1S/C16H16N2O3/c1-11-5-3-6-12(9-11)14(16(20)21-2)18-15(19)13-7-4-8-17-10-13/h3-10,14H,1-2H3,(H,18,19). The Balaban J connectivity index is 2.26. The van der Waals surface area contributed by atoms with Gasteiger partial charge in [0, 0.05) is 12.4 Å². The summed E-state index contributed by atoms with van der Waals surface area (Å²) in [7, 11) is 1.29. The van der Waals surface area contributed by atoms with E-state index < -0.39 is 12.0 Å². The largest absolute Gasteiger partial charge is 0.467 e. The number of amides is 1. The summed E-state index contributed by atoms with van der Waals surface area (Å²) in [6, 6.07) is 9.81. The van der Waals surface area contributed by atoms with Crippen molar-refractivity contribution in [1.29, 1.82) is 0 Å². The van der Waals surface area contributed by atoms with Gasteiger partial charge in [-0.3, -0.25) is 9.78 Å². The summed E-state index contributed by atoms with van der Waals surface area (Å²) in [5.74, 6) is -0.891. The zero-order valence-corrected chi connectivity index (χ0v) is 11.9. The molecule has 2 rings (SSSR count). The number of nitrogens with zero attached hydrogens (tertiary/aromatic N) is 1. The molecular formula is C16H16N2O3. The molecule has 2 aromatic rings. The fourth-order valence-electron chi connectivity index (χ4n) is 1.96. The normalized spacial score (nSPS) is 11.5. The summed E-state index contributed by atoms with van der Waals surface area (Å²) in [6.07, 6.45) is 3.02. The molecule has 0 bridgehead atoms. The molecule has 0 fully saturated rings. The van der Waals surface area contributed by atoms with Gasteiger partial charge in [-0.1, -0.05) is 29.8 Å². The van der Waals surface area contributed by atoms with E-state index in [0.717, 1.165) is 5.56 Å². The maximum Gasteiger partial charge on any atom is 0.333 e. The second-order valence-corrected chi connectivity index (χ2v) is 4.59. The second kappa shape index (κ2) is 6.65. The van der Waals surface area contributed by atoms with Gasteiger partial charge in [0.15, 0.2) is 6.04 Å².